The predicted molar refractivity (Wildman–Crippen MR) is 81.9 cm³/mol. The molecule has 0 saturated heterocycles. The summed E-state index contributed by atoms with van der Waals surface area (Å²) >= 11 is 0. The van der Waals surface area contributed by atoms with Gasteiger partial charge in [-0.3, -0.25) is 4.31 Å². The first-order valence-corrected chi connectivity index (χ1v) is 8.13. The Morgan fingerprint density at radius 2 is 1.76 bits per heavy atom. The van der Waals surface area contributed by atoms with Crippen molar-refractivity contribution in [1.29, 1.82) is 0 Å². The molecule has 1 heterocycles. The van der Waals surface area contributed by atoms with Gasteiger partial charge in [0, 0.05) is 18.7 Å². The summed E-state index contributed by atoms with van der Waals surface area (Å²) in [6, 6.07) is 13.4. The number of para-hydroxylation sites is 2. The third-order valence-corrected chi connectivity index (χ3v) is 5.19. The normalized spacial score (nSPS) is 15.0. The van der Waals surface area contributed by atoms with Gasteiger partial charge < -0.3 is 10.5 Å². The van der Waals surface area contributed by atoms with Crippen LogP contribution in [0, 0.1) is 0 Å². The zero-order valence-corrected chi connectivity index (χ0v) is 12.2. The summed E-state index contributed by atoms with van der Waals surface area (Å²) in [4.78, 5) is 0.230. The number of anilines is 2. The number of ether oxygens (including phenoxy) is 1. The van der Waals surface area contributed by atoms with E-state index in [1.165, 1.54) is 16.4 Å². The van der Waals surface area contributed by atoms with Gasteiger partial charge in [0.05, 0.1) is 17.2 Å². The Morgan fingerprint density at radius 3 is 2.52 bits per heavy atom. The van der Waals surface area contributed by atoms with Gasteiger partial charge in [-0.2, -0.15) is 0 Å². The van der Waals surface area contributed by atoms with Crippen molar-refractivity contribution in [3.63, 3.8) is 0 Å². The second-order valence-electron chi connectivity index (χ2n) is 4.82. The molecule has 2 aromatic rings. The van der Waals surface area contributed by atoms with Gasteiger partial charge in [0.2, 0.25) is 0 Å². The predicted octanol–water partition coefficient (Wildman–Crippen LogP) is 2.25. The molecule has 0 spiro atoms. The van der Waals surface area contributed by atoms with Crippen molar-refractivity contribution in [3.8, 4) is 5.75 Å². The topological polar surface area (TPSA) is 72.6 Å². The van der Waals surface area contributed by atoms with E-state index in [4.69, 9.17) is 10.5 Å². The first kappa shape index (κ1) is 13.8. The summed E-state index contributed by atoms with van der Waals surface area (Å²) in [7, 11) is -3.62. The molecule has 1 aliphatic heterocycles. The minimum Gasteiger partial charge on any atom is -0.491 e. The molecule has 0 saturated carbocycles. The van der Waals surface area contributed by atoms with E-state index in [9.17, 15) is 8.42 Å². The average Bonchev–Trinajstić information content (AvgIpc) is 2.70. The smallest absolute Gasteiger partial charge is 0.264 e. The maximum atomic E-state index is 12.8. The zero-order valence-electron chi connectivity index (χ0n) is 11.4. The van der Waals surface area contributed by atoms with Gasteiger partial charge in [0.15, 0.2) is 0 Å². The van der Waals surface area contributed by atoms with Gasteiger partial charge in [-0.25, -0.2) is 8.42 Å². The van der Waals surface area contributed by atoms with E-state index in [1.54, 1.807) is 30.3 Å². The molecule has 0 amide bonds. The minimum atomic E-state index is -3.62. The third kappa shape index (κ3) is 2.54. The van der Waals surface area contributed by atoms with Crippen LogP contribution in [0.3, 0.4) is 0 Å². The lowest BCUT2D eigenvalue weighted by Crippen LogP contribution is -2.31. The van der Waals surface area contributed by atoms with E-state index in [-0.39, 0.29) is 4.90 Å². The lowest BCUT2D eigenvalue weighted by molar-refractivity contribution is 0.322. The Labute approximate surface area is 124 Å². The zero-order chi connectivity index (χ0) is 14.9. The van der Waals surface area contributed by atoms with Gasteiger partial charge in [-0.05, 0) is 36.4 Å². The molecule has 3 rings (SSSR count). The van der Waals surface area contributed by atoms with Gasteiger partial charge in [-0.15, -0.1) is 0 Å². The molecule has 0 fully saturated rings. The summed E-state index contributed by atoms with van der Waals surface area (Å²) in [5.41, 5.74) is 6.73. The molecule has 5 nitrogen and oxygen atoms in total. The monoisotopic (exact) mass is 304 g/mol. The number of hydrogen-bond donors (Lipinski definition) is 1. The fourth-order valence-corrected chi connectivity index (χ4v) is 3.83. The number of nitrogen functional groups attached to an aromatic ring is 1. The van der Waals surface area contributed by atoms with Crippen molar-refractivity contribution in [2.24, 2.45) is 0 Å². The molecule has 110 valence electrons. The van der Waals surface area contributed by atoms with E-state index in [2.05, 4.69) is 0 Å². The lowest BCUT2D eigenvalue weighted by Gasteiger charge is -2.23. The first-order valence-electron chi connectivity index (χ1n) is 6.69. The highest BCUT2D eigenvalue weighted by atomic mass is 32.2. The van der Waals surface area contributed by atoms with E-state index < -0.39 is 10.0 Å². The van der Waals surface area contributed by atoms with Crippen LogP contribution in [0.2, 0.25) is 0 Å². The highest BCUT2D eigenvalue weighted by Crippen LogP contribution is 2.34. The molecule has 0 aliphatic carbocycles. The summed E-state index contributed by atoms with van der Waals surface area (Å²) in [5, 5.41) is 0. The maximum absolute atomic E-state index is 12.8. The molecule has 0 bridgehead atoms. The molecule has 0 aromatic heterocycles. The summed E-state index contributed by atoms with van der Waals surface area (Å²) in [6.45, 7) is 0.897. The number of sulfonamides is 1. The molecule has 21 heavy (non-hydrogen) atoms. The van der Waals surface area contributed by atoms with Crippen LogP contribution < -0.4 is 14.8 Å². The van der Waals surface area contributed by atoms with Crippen LogP contribution in [0.5, 0.6) is 5.75 Å². The summed E-state index contributed by atoms with van der Waals surface area (Å²) in [6.07, 6.45) is 0.642. The second kappa shape index (κ2) is 5.29. The van der Waals surface area contributed by atoms with Crippen molar-refractivity contribution in [1.82, 2.24) is 0 Å². The molecule has 6 heteroatoms. The maximum Gasteiger partial charge on any atom is 0.264 e. The van der Waals surface area contributed by atoms with Crippen LogP contribution in [-0.2, 0) is 10.0 Å². The molecular weight excluding hydrogens is 288 g/mol. The highest BCUT2D eigenvalue weighted by molar-refractivity contribution is 7.92. The first-order chi connectivity index (χ1) is 10.1. The van der Waals surface area contributed by atoms with E-state index in [0.29, 0.717) is 36.7 Å². The van der Waals surface area contributed by atoms with Crippen LogP contribution in [0.1, 0.15) is 6.42 Å². The standard InChI is InChI=1S/C15H16N2O3S/c16-12-6-8-13(9-7-12)21(18,19)17-10-3-11-20-15-5-2-1-4-14(15)17/h1-2,4-9H,3,10-11,16H2. The largest absolute Gasteiger partial charge is 0.491 e. The van der Waals surface area contributed by atoms with E-state index >= 15 is 0 Å². The Morgan fingerprint density at radius 1 is 1.05 bits per heavy atom. The average molecular weight is 304 g/mol. The van der Waals surface area contributed by atoms with Gasteiger partial charge in [-0.1, -0.05) is 12.1 Å². The van der Waals surface area contributed by atoms with Crippen molar-refractivity contribution in [2.75, 3.05) is 23.2 Å². The van der Waals surface area contributed by atoms with Crippen LogP contribution in [-0.4, -0.2) is 21.6 Å². The highest BCUT2D eigenvalue weighted by Gasteiger charge is 2.28. The van der Waals surface area contributed by atoms with Crippen LogP contribution in [0.25, 0.3) is 0 Å². The second-order valence-corrected chi connectivity index (χ2v) is 6.68. The third-order valence-electron chi connectivity index (χ3n) is 3.37. The molecule has 2 aromatic carbocycles. The van der Waals surface area contributed by atoms with Gasteiger partial charge in [0.1, 0.15) is 5.75 Å². The summed E-state index contributed by atoms with van der Waals surface area (Å²) < 4.78 is 32.7. The number of fused-ring (bicyclic) bond motifs is 1. The quantitative estimate of drug-likeness (QED) is 0.864. The van der Waals surface area contributed by atoms with Crippen LogP contribution in [0.4, 0.5) is 11.4 Å². The van der Waals surface area contributed by atoms with E-state index in [1.807, 2.05) is 6.07 Å². The van der Waals surface area contributed by atoms with Gasteiger partial charge >= 0.3 is 0 Å². The number of nitrogens with zero attached hydrogens (tertiary/aromatic N) is 1. The summed E-state index contributed by atoms with van der Waals surface area (Å²) in [5.74, 6) is 0.592. The fraction of sp³-hybridized carbons (Fsp3) is 0.200. The van der Waals surface area contributed by atoms with Crippen molar-refractivity contribution in [3.05, 3.63) is 48.5 Å². The minimum absolute atomic E-state index is 0.230. The van der Waals surface area contributed by atoms with Crippen LogP contribution in [0.15, 0.2) is 53.4 Å². The van der Waals surface area contributed by atoms with Crippen molar-refractivity contribution >= 4 is 21.4 Å². The fourth-order valence-electron chi connectivity index (χ4n) is 2.31. The molecule has 0 unspecified atom stereocenters. The SMILES string of the molecule is Nc1ccc(S(=O)(=O)N2CCCOc3ccccc32)cc1. The number of benzene rings is 2. The Bertz CT molecular complexity index is 742. The molecule has 0 radical (unpaired) electrons. The van der Waals surface area contributed by atoms with E-state index in [0.717, 1.165) is 0 Å². The number of hydrogen-bond acceptors (Lipinski definition) is 4. The molecule has 2 N–H and O–H groups in total. The Kier molecular flexibility index (Phi) is 3.47. The Hall–Kier alpha value is -2.21. The van der Waals surface area contributed by atoms with Crippen molar-refractivity contribution in [2.45, 2.75) is 11.3 Å². The molecular formula is C15H16N2O3S. The number of rotatable bonds is 2. The number of nitrogens with two attached hydrogens (primary N) is 1. The Balaban J connectivity index is 2.08. The van der Waals surface area contributed by atoms with Crippen molar-refractivity contribution < 1.29 is 13.2 Å². The van der Waals surface area contributed by atoms with Gasteiger partial charge in [0.25, 0.3) is 10.0 Å². The van der Waals surface area contributed by atoms with Crippen LogP contribution >= 0.6 is 0 Å². The lowest BCUT2D eigenvalue weighted by atomic mass is 10.3. The molecule has 0 atom stereocenters. The molecule has 1 aliphatic rings.